The molecule has 1 aromatic carbocycles. The van der Waals surface area contributed by atoms with Crippen molar-refractivity contribution in [3.05, 3.63) is 41.5 Å². The quantitative estimate of drug-likeness (QED) is 0.731. The lowest BCUT2D eigenvalue weighted by molar-refractivity contribution is -0.0704. The Balaban J connectivity index is 1.75. The summed E-state index contributed by atoms with van der Waals surface area (Å²) in [4.78, 5) is 25.9. The third-order valence-electron chi connectivity index (χ3n) is 4.37. The number of hydrogen-bond donors (Lipinski definition) is 3. The molecule has 5 N–H and O–H groups in total. The maximum atomic E-state index is 11.6. The molecule has 1 aromatic heterocycles. The predicted octanol–water partition coefficient (Wildman–Crippen LogP) is 2.61. The number of nitrogens with zero attached hydrogens (tertiary/aromatic N) is 1. The van der Waals surface area contributed by atoms with Gasteiger partial charge in [-0.15, -0.1) is 11.3 Å². The van der Waals surface area contributed by atoms with Crippen LogP contribution >= 0.6 is 11.3 Å². The lowest BCUT2D eigenvalue weighted by Gasteiger charge is -2.35. The fourth-order valence-electron chi connectivity index (χ4n) is 3.37. The van der Waals surface area contributed by atoms with E-state index >= 15 is 0 Å². The first-order chi connectivity index (χ1) is 12.8. The monoisotopic (exact) mass is 388 g/mol. The van der Waals surface area contributed by atoms with Gasteiger partial charge in [-0.25, -0.2) is 4.79 Å². The molecule has 1 fully saturated rings. The topological polar surface area (TPSA) is 111 Å². The van der Waals surface area contributed by atoms with Crippen LogP contribution in [0.1, 0.15) is 29.8 Å². The molecule has 0 radical (unpaired) electrons. The number of primary amides is 2. The minimum atomic E-state index is -0.727. The van der Waals surface area contributed by atoms with Crippen molar-refractivity contribution in [2.75, 3.05) is 18.4 Å². The van der Waals surface area contributed by atoms with Gasteiger partial charge in [0.05, 0.1) is 17.8 Å². The highest BCUT2D eigenvalue weighted by molar-refractivity contribution is 7.20. The van der Waals surface area contributed by atoms with Crippen molar-refractivity contribution in [3.8, 4) is 10.4 Å². The number of urea groups is 1. The fraction of sp³-hybridized carbons (Fsp3) is 0.368. The van der Waals surface area contributed by atoms with Crippen LogP contribution in [0.2, 0.25) is 0 Å². The molecular formula is C19H24N4O3S. The second-order valence-electron chi connectivity index (χ2n) is 6.86. The maximum absolute atomic E-state index is 11.6. The Morgan fingerprint density at radius 2 is 1.81 bits per heavy atom. The van der Waals surface area contributed by atoms with Crippen molar-refractivity contribution in [1.82, 2.24) is 4.90 Å². The SMILES string of the molecule is C[C@@H]1CN(Cc2ccc(-c3cc(C(N)=O)c(NC(N)=O)s3)cc2)C[C@H](C)O1. The number of thiophene rings is 1. The highest BCUT2D eigenvalue weighted by Gasteiger charge is 2.22. The molecule has 27 heavy (non-hydrogen) atoms. The van der Waals surface area contributed by atoms with Crippen molar-refractivity contribution in [1.29, 1.82) is 0 Å². The standard InChI is InChI=1S/C19H24N4O3S/c1-11-8-23(9-12(2)26-11)10-13-3-5-14(6-4-13)16-7-15(17(20)24)18(27-16)22-19(21)25/h3-7,11-12H,8-10H2,1-2H3,(H2,20,24)(H3,21,22,25)/t11-,12+. The second kappa shape index (κ2) is 8.08. The van der Waals surface area contributed by atoms with Crippen LogP contribution in [-0.4, -0.2) is 42.1 Å². The molecule has 144 valence electrons. The summed E-state index contributed by atoms with van der Waals surface area (Å²) in [6.45, 7) is 6.89. The van der Waals surface area contributed by atoms with Gasteiger partial charge in [0.2, 0.25) is 0 Å². The van der Waals surface area contributed by atoms with Crippen molar-refractivity contribution in [2.24, 2.45) is 11.5 Å². The number of nitrogens with one attached hydrogen (secondary N) is 1. The molecule has 8 heteroatoms. The minimum absolute atomic E-state index is 0.238. The molecule has 0 spiro atoms. The molecule has 0 unspecified atom stereocenters. The van der Waals surface area contributed by atoms with Crippen LogP contribution < -0.4 is 16.8 Å². The number of nitrogens with two attached hydrogens (primary N) is 2. The predicted molar refractivity (Wildman–Crippen MR) is 107 cm³/mol. The largest absolute Gasteiger partial charge is 0.373 e. The molecule has 3 rings (SSSR count). The van der Waals surface area contributed by atoms with E-state index < -0.39 is 11.9 Å². The van der Waals surface area contributed by atoms with E-state index in [1.807, 2.05) is 12.1 Å². The van der Waals surface area contributed by atoms with Crippen LogP contribution in [0, 0.1) is 0 Å². The number of benzene rings is 1. The molecule has 7 nitrogen and oxygen atoms in total. The van der Waals surface area contributed by atoms with Crippen molar-refractivity contribution in [2.45, 2.75) is 32.6 Å². The van der Waals surface area contributed by atoms with Gasteiger partial charge in [-0.05, 0) is 31.0 Å². The molecule has 0 saturated carbocycles. The van der Waals surface area contributed by atoms with E-state index in [2.05, 4.69) is 36.2 Å². The molecule has 3 amide bonds. The van der Waals surface area contributed by atoms with Crippen LogP contribution in [-0.2, 0) is 11.3 Å². The van der Waals surface area contributed by atoms with Crippen molar-refractivity contribution >= 4 is 28.3 Å². The zero-order valence-corrected chi connectivity index (χ0v) is 16.2. The number of amides is 3. The van der Waals surface area contributed by atoms with Gasteiger partial charge in [-0.3, -0.25) is 15.0 Å². The van der Waals surface area contributed by atoms with E-state index in [1.165, 1.54) is 16.9 Å². The highest BCUT2D eigenvalue weighted by Crippen LogP contribution is 2.35. The van der Waals surface area contributed by atoms with Crippen molar-refractivity contribution < 1.29 is 14.3 Å². The van der Waals surface area contributed by atoms with Crippen molar-refractivity contribution in [3.63, 3.8) is 0 Å². The third-order valence-corrected chi connectivity index (χ3v) is 5.47. The van der Waals surface area contributed by atoms with Crippen LogP contribution in [0.3, 0.4) is 0 Å². The molecule has 1 saturated heterocycles. The summed E-state index contributed by atoms with van der Waals surface area (Å²) in [5, 5.41) is 2.82. The van der Waals surface area contributed by atoms with E-state index in [1.54, 1.807) is 6.07 Å². The third kappa shape index (κ3) is 4.85. The Kier molecular flexibility index (Phi) is 5.79. The molecule has 0 aliphatic carbocycles. The normalized spacial score (nSPS) is 20.4. The maximum Gasteiger partial charge on any atom is 0.317 e. The molecule has 2 heterocycles. The Morgan fingerprint density at radius 1 is 1.19 bits per heavy atom. The summed E-state index contributed by atoms with van der Waals surface area (Å²) in [5.41, 5.74) is 13.0. The molecule has 1 aliphatic rings. The summed E-state index contributed by atoms with van der Waals surface area (Å²) < 4.78 is 5.77. The molecule has 2 atom stereocenters. The van der Waals surface area contributed by atoms with E-state index in [0.717, 1.165) is 30.1 Å². The van der Waals surface area contributed by atoms with E-state index in [4.69, 9.17) is 16.2 Å². The van der Waals surface area contributed by atoms with E-state index in [9.17, 15) is 9.59 Å². The van der Waals surface area contributed by atoms with E-state index in [-0.39, 0.29) is 17.8 Å². The molecule has 1 aliphatic heterocycles. The number of carbonyl (C=O) groups is 2. The van der Waals surface area contributed by atoms with Gasteiger partial charge in [0.15, 0.2) is 0 Å². The Bertz CT molecular complexity index is 824. The summed E-state index contributed by atoms with van der Waals surface area (Å²) in [6.07, 6.45) is 0.477. The van der Waals surface area contributed by atoms with E-state index in [0.29, 0.717) is 5.00 Å². The number of morpholine rings is 1. The number of rotatable bonds is 5. The van der Waals surface area contributed by atoms with Gasteiger partial charge in [0, 0.05) is 24.5 Å². The second-order valence-corrected chi connectivity index (χ2v) is 7.91. The lowest BCUT2D eigenvalue weighted by atomic mass is 10.1. The van der Waals surface area contributed by atoms with Gasteiger partial charge in [0.25, 0.3) is 5.91 Å². The molecule has 2 aromatic rings. The Labute approximate surface area is 162 Å². The van der Waals surface area contributed by atoms with Gasteiger partial charge in [0.1, 0.15) is 5.00 Å². The lowest BCUT2D eigenvalue weighted by Crippen LogP contribution is -2.44. The Hall–Kier alpha value is -2.42. The zero-order chi connectivity index (χ0) is 19.6. The number of hydrogen-bond acceptors (Lipinski definition) is 5. The number of ether oxygens (including phenoxy) is 1. The first-order valence-corrected chi connectivity index (χ1v) is 9.60. The number of anilines is 1. The average Bonchev–Trinajstić information content (AvgIpc) is 2.98. The highest BCUT2D eigenvalue weighted by atomic mass is 32.1. The van der Waals surface area contributed by atoms with Gasteiger partial charge in [-0.1, -0.05) is 24.3 Å². The minimum Gasteiger partial charge on any atom is -0.373 e. The van der Waals surface area contributed by atoms with Crippen LogP contribution in [0.4, 0.5) is 9.80 Å². The smallest absolute Gasteiger partial charge is 0.317 e. The summed E-state index contributed by atoms with van der Waals surface area (Å²) in [5.74, 6) is -0.603. The van der Waals surface area contributed by atoms with Crippen LogP contribution in [0.25, 0.3) is 10.4 Å². The fourth-order valence-corrected chi connectivity index (χ4v) is 4.44. The van der Waals surface area contributed by atoms with Gasteiger partial charge in [-0.2, -0.15) is 0 Å². The van der Waals surface area contributed by atoms with Gasteiger partial charge >= 0.3 is 6.03 Å². The van der Waals surface area contributed by atoms with Gasteiger partial charge < -0.3 is 16.2 Å². The Morgan fingerprint density at radius 3 is 2.37 bits per heavy atom. The first-order valence-electron chi connectivity index (χ1n) is 8.79. The summed E-state index contributed by atoms with van der Waals surface area (Å²) in [6, 6.07) is 9.12. The summed E-state index contributed by atoms with van der Waals surface area (Å²) in [7, 11) is 0. The average molecular weight is 388 g/mol. The molecular weight excluding hydrogens is 364 g/mol. The van der Waals surface area contributed by atoms with Crippen LogP contribution in [0.15, 0.2) is 30.3 Å². The first kappa shape index (κ1) is 19.3. The summed E-state index contributed by atoms with van der Waals surface area (Å²) >= 11 is 1.27. The molecule has 0 bridgehead atoms. The zero-order valence-electron chi connectivity index (χ0n) is 15.4. The number of carbonyl (C=O) groups excluding carboxylic acids is 2. The van der Waals surface area contributed by atoms with Crippen LogP contribution in [0.5, 0.6) is 0 Å².